The van der Waals surface area contributed by atoms with E-state index in [9.17, 15) is 13.2 Å². The summed E-state index contributed by atoms with van der Waals surface area (Å²) in [5.41, 5.74) is 4.63. The summed E-state index contributed by atoms with van der Waals surface area (Å²) in [6, 6.07) is 28.0. The molecule has 8 nitrogen and oxygen atoms in total. The van der Waals surface area contributed by atoms with Gasteiger partial charge in [-0.25, -0.2) is 13.8 Å². The molecule has 1 amide bonds. The molecular formula is C30H27BrClN3O5S. The summed E-state index contributed by atoms with van der Waals surface area (Å²) in [6.07, 6.45) is 1.43. The van der Waals surface area contributed by atoms with E-state index < -0.39 is 22.5 Å². The number of rotatable bonds is 12. The number of ether oxygens (including phenoxy) is 2. The van der Waals surface area contributed by atoms with Crippen LogP contribution in [-0.2, 0) is 28.0 Å². The van der Waals surface area contributed by atoms with Crippen molar-refractivity contribution in [2.45, 2.75) is 18.0 Å². The van der Waals surface area contributed by atoms with E-state index in [-0.39, 0.29) is 11.4 Å². The standard InChI is InChI=1S/C30H27BrClN3O5S/c1-39-29-17-23(11-16-28(29)40-21-22-7-3-2-4-8-22)18-33-34-30(36)20-35(19-24-9-5-6-10-27(24)32)41(37,38)26-14-12-25(31)13-15-26/h2-18H,19-21H2,1H3,(H,34,36)/b33-18+. The Bertz CT molecular complexity index is 1620. The quantitative estimate of drug-likeness (QED) is 0.148. The van der Waals surface area contributed by atoms with Crippen LogP contribution in [-0.4, -0.2) is 38.5 Å². The number of methoxy groups -OCH3 is 1. The lowest BCUT2D eigenvalue weighted by atomic mass is 10.2. The fourth-order valence-corrected chi connectivity index (χ4v) is 5.63. The number of halogens is 2. The first-order valence-corrected chi connectivity index (χ1v) is 15.0. The molecule has 41 heavy (non-hydrogen) atoms. The smallest absolute Gasteiger partial charge is 0.255 e. The zero-order chi connectivity index (χ0) is 29.2. The van der Waals surface area contributed by atoms with Crippen molar-refractivity contribution in [2.24, 2.45) is 5.10 Å². The van der Waals surface area contributed by atoms with Crippen molar-refractivity contribution in [1.82, 2.24) is 9.73 Å². The first-order chi connectivity index (χ1) is 19.8. The van der Waals surface area contributed by atoms with Crippen molar-refractivity contribution in [1.29, 1.82) is 0 Å². The number of nitrogens with one attached hydrogen (secondary N) is 1. The lowest BCUT2D eigenvalue weighted by Gasteiger charge is -2.22. The summed E-state index contributed by atoms with van der Waals surface area (Å²) in [7, 11) is -2.50. The number of amides is 1. The molecule has 0 heterocycles. The Balaban J connectivity index is 1.44. The summed E-state index contributed by atoms with van der Waals surface area (Å²) in [4.78, 5) is 12.9. The second kappa shape index (κ2) is 14.3. The number of hydrogen-bond acceptors (Lipinski definition) is 6. The molecule has 212 valence electrons. The van der Waals surface area contributed by atoms with Crippen molar-refractivity contribution in [2.75, 3.05) is 13.7 Å². The van der Waals surface area contributed by atoms with Crippen LogP contribution in [0.4, 0.5) is 0 Å². The number of sulfonamides is 1. The van der Waals surface area contributed by atoms with Crippen molar-refractivity contribution in [3.63, 3.8) is 0 Å². The van der Waals surface area contributed by atoms with Crippen LogP contribution in [0.2, 0.25) is 5.02 Å². The number of carbonyl (C=O) groups is 1. The van der Waals surface area contributed by atoms with Gasteiger partial charge in [-0.15, -0.1) is 0 Å². The van der Waals surface area contributed by atoms with E-state index in [1.807, 2.05) is 30.3 Å². The van der Waals surface area contributed by atoms with Gasteiger partial charge in [-0.05, 0) is 65.2 Å². The van der Waals surface area contributed by atoms with Crippen molar-refractivity contribution >= 4 is 49.7 Å². The van der Waals surface area contributed by atoms with Crippen LogP contribution >= 0.6 is 27.5 Å². The summed E-state index contributed by atoms with van der Waals surface area (Å²) in [5.74, 6) is 0.442. The molecule has 0 saturated heterocycles. The lowest BCUT2D eigenvalue weighted by molar-refractivity contribution is -0.121. The molecule has 0 aliphatic carbocycles. The molecule has 4 aromatic carbocycles. The first kappa shape index (κ1) is 30.3. The van der Waals surface area contributed by atoms with Gasteiger partial charge in [0.05, 0.1) is 24.8 Å². The molecule has 0 radical (unpaired) electrons. The van der Waals surface area contributed by atoms with E-state index in [1.54, 1.807) is 54.6 Å². The minimum absolute atomic E-state index is 0.0470. The molecule has 0 aliphatic heterocycles. The van der Waals surface area contributed by atoms with Crippen LogP contribution < -0.4 is 14.9 Å². The Morgan fingerprint density at radius 3 is 2.39 bits per heavy atom. The Kier molecular flexibility index (Phi) is 10.5. The number of carbonyl (C=O) groups excluding carboxylic acids is 1. The number of hydrogen-bond donors (Lipinski definition) is 1. The normalized spacial score (nSPS) is 11.5. The number of hydrazone groups is 1. The van der Waals surface area contributed by atoms with E-state index in [0.717, 1.165) is 14.3 Å². The second-order valence-electron chi connectivity index (χ2n) is 8.80. The fourth-order valence-electron chi connectivity index (χ4n) is 3.79. The molecule has 0 bridgehead atoms. The molecule has 0 spiro atoms. The van der Waals surface area contributed by atoms with Gasteiger partial charge in [0, 0.05) is 16.0 Å². The van der Waals surface area contributed by atoms with E-state index in [0.29, 0.717) is 34.3 Å². The Morgan fingerprint density at radius 1 is 0.976 bits per heavy atom. The van der Waals surface area contributed by atoms with Gasteiger partial charge in [0.15, 0.2) is 11.5 Å². The summed E-state index contributed by atoms with van der Waals surface area (Å²) >= 11 is 9.60. The van der Waals surface area contributed by atoms with E-state index in [2.05, 4.69) is 26.5 Å². The van der Waals surface area contributed by atoms with Gasteiger partial charge in [-0.2, -0.15) is 9.41 Å². The van der Waals surface area contributed by atoms with E-state index in [1.165, 1.54) is 25.5 Å². The molecule has 0 saturated carbocycles. The Morgan fingerprint density at radius 2 is 1.68 bits per heavy atom. The third-order valence-corrected chi connectivity index (χ3v) is 8.61. The maximum Gasteiger partial charge on any atom is 0.255 e. The molecule has 0 fully saturated rings. The first-order valence-electron chi connectivity index (χ1n) is 12.4. The minimum Gasteiger partial charge on any atom is -0.493 e. The fraction of sp³-hybridized carbons (Fsp3) is 0.133. The molecule has 0 aromatic heterocycles. The summed E-state index contributed by atoms with van der Waals surface area (Å²) in [5, 5.41) is 4.41. The van der Waals surface area contributed by atoms with E-state index in [4.69, 9.17) is 21.1 Å². The number of nitrogens with zero attached hydrogens (tertiary/aromatic N) is 2. The lowest BCUT2D eigenvalue weighted by Crippen LogP contribution is -2.39. The molecule has 11 heteroatoms. The zero-order valence-corrected chi connectivity index (χ0v) is 25.2. The predicted molar refractivity (Wildman–Crippen MR) is 163 cm³/mol. The van der Waals surface area contributed by atoms with E-state index >= 15 is 0 Å². The minimum atomic E-state index is -4.03. The van der Waals surface area contributed by atoms with Gasteiger partial charge >= 0.3 is 0 Å². The third-order valence-electron chi connectivity index (χ3n) is 5.90. The van der Waals surface area contributed by atoms with Gasteiger partial charge in [0.2, 0.25) is 10.0 Å². The van der Waals surface area contributed by atoms with Crippen LogP contribution in [0, 0.1) is 0 Å². The van der Waals surface area contributed by atoms with Gasteiger partial charge in [0.1, 0.15) is 6.61 Å². The van der Waals surface area contributed by atoms with Gasteiger partial charge < -0.3 is 9.47 Å². The maximum absolute atomic E-state index is 13.5. The van der Waals surface area contributed by atoms with Crippen LogP contribution in [0.25, 0.3) is 0 Å². The third kappa shape index (κ3) is 8.40. The highest BCUT2D eigenvalue weighted by Crippen LogP contribution is 2.28. The Hall–Kier alpha value is -3.70. The predicted octanol–water partition coefficient (Wildman–Crippen LogP) is 6.03. The van der Waals surface area contributed by atoms with Crippen molar-refractivity contribution in [3.8, 4) is 11.5 Å². The van der Waals surface area contributed by atoms with Gasteiger partial charge in [-0.3, -0.25) is 4.79 Å². The molecule has 0 atom stereocenters. The average molecular weight is 657 g/mol. The molecule has 4 aromatic rings. The van der Waals surface area contributed by atoms with Crippen molar-refractivity contribution < 1.29 is 22.7 Å². The van der Waals surface area contributed by atoms with Crippen LogP contribution in [0.15, 0.2) is 112 Å². The summed E-state index contributed by atoms with van der Waals surface area (Å²) < 4.78 is 40.0. The summed E-state index contributed by atoms with van der Waals surface area (Å²) in [6.45, 7) is -0.193. The largest absolute Gasteiger partial charge is 0.493 e. The SMILES string of the molecule is COc1cc(/C=N/NC(=O)CN(Cc2ccccc2Cl)S(=O)(=O)c2ccc(Br)cc2)ccc1OCc1ccccc1. The number of benzene rings is 4. The molecule has 4 rings (SSSR count). The highest BCUT2D eigenvalue weighted by atomic mass is 79.9. The van der Waals surface area contributed by atoms with Crippen LogP contribution in [0.3, 0.4) is 0 Å². The van der Waals surface area contributed by atoms with Gasteiger partial charge in [0.25, 0.3) is 5.91 Å². The molecular weight excluding hydrogens is 630 g/mol. The van der Waals surface area contributed by atoms with Crippen LogP contribution in [0.5, 0.6) is 11.5 Å². The average Bonchev–Trinajstić information content (AvgIpc) is 2.98. The zero-order valence-electron chi connectivity index (χ0n) is 22.0. The monoisotopic (exact) mass is 655 g/mol. The molecule has 0 unspecified atom stereocenters. The van der Waals surface area contributed by atoms with Crippen LogP contribution in [0.1, 0.15) is 16.7 Å². The van der Waals surface area contributed by atoms with Gasteiger partial charge in [-0.1, -0.05) is 76.1 Å². The highest BCUT2D eigenvalue weighted by Gasteiger charge is 2.27. The second-order valence-corrected chi connectivity index (χ2v) is 12.1. The highest BCUT2D eigenvalue weighted by molar-refractivity contribution is 9.10. The van der Waals surface area contributed by atoms with Crippen molar-refractivity contribution in [3.05, 3.63) is 123 Å². The Labute approximate surface area is 252 Å². The maximum atomic E-state index is 13.5. The topological polar surface area (TPSA) is 97.3 Å². The molecule has 1 N–H and O–H groups in total. The molecule has 0 aliphatic rings.